The number of anilines is 1. The van der Waals surface area contributed by atoms with Crippen LogP contribution < -0.4 is 5.32 Å². The molecule has 4 nitrogen and oxygen atoms in total. The zero-order valence-electron chi connectivity index (χ0n) is 8.25. The summed E-state index contributed by atoms with van der Waals surface area (Å²) in [4.78, 5) is 0. The van der Waals surface area contributed by atoms with Crippen LogP contribution >= 0.6 is 23.3 Å². The Labute approximate surface area is 92.6 Å². The van der Waals surface area contributed by atoms with E-state index in [2.05, 4.69) is 27.9 Å². The number of nitrogens with zero attached hydrogens (tertiary/aromatic N) is 2. The number of aliphatic hydroxyl groups is 1. The van der Waals surface area contributed by atoms with Gasteiger partial charge in [-0.05, 0) is 11.8 Å². The number of hydrogen-bond acceptors (Lipinski definition) is 5. The minimum absolute atomic E-state index is 0.0295. The van der Waals surface area contributed by atoms with Crippen molar-refractivity contribution in [1.82, 2.24) is 8.75 Å². The van der Waals surface area contributed by atoms with Gasteiger partial charge in [0.05, 0.1) is 11.7 Å². The Kier molecular flexibility index (Phi) is 4.10. The molecule has 2 N–H and O–H groups in total. The molecule has 1 rings (SSSR count). The fraction of sp³-hybridized carbons (Fsp3) is 0.750. The van der Waals surface area contributed by atoms with Crippen molar-refractivity contribution in [2.24, 2.45) is 5.41 Å². The van der Waals surface area contributed by atoms with Crippen LogP contribution in [0.2, 0.25) is 5.15 Å². The third kappa shape index (κ3) is 3.40. The maximum Gasteiger partial charge on any atom is 0.186 e. The zero-order chi connectivity index (χ0) is 10.6. The maximum absolute atomic E-state index is 8.83. The Morgan fingerprint density at radius 2 is 2.21 bits per heavy atom. The molecule has 1 aromatic heterocycles. The number of aromatic nitrogens is 2. The molecule has 0 aliphatic heterocycles. The molecule has 0 radical (unpaired) electrons. The lowest BCUT2D eigenvalue weighted by Crippen LogP contribution is -2.24. The summed E-state index contributed by atoms with van der Waals surface area (Å²) in [5, 5.41) is 12.4. The molecule has 0 bridgehead atoms. The van der Waals surface area contributed by atoms with Gasteiger partial charge in [0.1, 0.15) is 0 Å². The van der Waals surface area contributed by atoms with Crippen molar-refractivity contribution in [3.05, 3.63) is 5.15 Å². The van der Waals surface area contributed by atoms with Gasteiger partial charge in [-0.3, -0.25) is 0 Å². The number of rotatable bonds is 5. The van der Waals surface area contributed by atoms with Crippen LogP contribution in [-0.2, 0) is 0 Å². The minimum atomic E-state index is 0.0295. The second-order valence-corrected chi connectivity index (χ2v) is 4.78. The van der Waals surface area contributed by atoms with E-state index in [1.165, 1.54) is 0 Å². The fourth-order valence-electron chi connectivity index (χ4n) is 0.997. The highest BCUT2D eigenvalue weighted by Gasteiger charge is 2.18. The number of hydrogen-bond donors (Lipinski definition) is 2. The van der Waals surface area contributed by atoms with Crippen molar-refractivity contribution in [3.63, 3.8) is 0 Å². The van der Waals surface area contributed by atoms with Gasteiger partial charge in [-0.2, -0.15) is 8.75 Å². The number of nitrogens with one attached hydrogen (secondary N) is 1. The summed E-state index contributed by atoms with van der Waals surface area (Å²) in [7, 11) is 0. The largest absolute Gasteiger partial charge is 0.396 e. The van der Waals surface area contributed by atoms with E-state index in [1.807, 2.05) is 0 Å². The lowest BCUT2D eigenvalue weighted by atomic mass is 9.90. The summed E-state index contributed by atoms with van der Waals surface area (Å²) < 4.78 is 7.85. The van der Waals surface area contributed by atoms with E-state index < -0.39 is 0 Å². The first-order chi connectivity index (χ1) is 6.55. The van der Waals surface area contributed by atoms with Crippen LogP contribution in [0.25, 0.3) is 0 Å². The third-order valence-corrected chi connectivity index (χ3v) is 2.86. The highest BCUT2D eigenvalue weighted by atomic mass is 35.5. The van der Waals surface area contributed by atoms with Crippen molar-refractivity contribution in [2.75, 3.05) is 18.5 Å². The Balaban J connectivity index is 2.44. The van der Waals surface area contributed by atoms with Gasteiger partial charge >= 0.3 is 0 Å². The average molecular weight is 236 g/mol. The molecule has 0 aromatic carbocycles. The second kappa shape index (κ2) is 4.91. The van der Waals surface area contributed by atoms with Gasteiger partial charge in [-0.25, -0.2) is 0 Å². The SMILES string of the molecule is CC(C)(CCO)CNc1nsnc1Cl. The molecule has 80 valence electrons. The summed E-state index contributed by atoms with van der Waals surface area (Å²) in [5.74, 6) is 0.627. The predicted octanol–water partition coefficient (Wildman–Crippen LogP) is 2.01. The number of halogens is 1. The molecule has 14 heavy (non-hydrogen) atoms. The number of aliphatic hydroxyl groups excluding tert-OH is 1. The summed E-state index contributed by atoms with van der Waals surface area (Å²) in [6, 6.07) is 0. The Bertz CT molecular complexity index is 290. The first-order valence-corrected chi connectivity index (χ1v) is 5.49. The second-order valence-electron chi connectivity index (χ2n) is 3.90. The molecule has 0 fully saturated rings. The molecular formula is C8H14ClN3OS. The molecule has 0 spiro atoms. The standard InChI is InChI=1S/C8H14ClN3OS/c1-8(2,3-4-13)5-10-7-6(9)11-14-12-7/h13H,3-5H2,1-2H3,(H,10,12). The van der Waals surface area contributed by atoms with E-state index in [9.17, 15) is 0 Å². The average Bonchev–Trinajstić information content (AvgIpc) is 2.48. The van der Waals surface area contributed by atoms with Crippen molar-refractivity contribution in [3.8, 4) is 0 Å². The minimum Gasteiger partial charge on any atom is -0.396 e. The Morgan fingerprint density at radius 1 is 1.50 bits per heavy atom. The van der Waals surface area contributed by atoms with Gasteiger partial charge in [0.15, 0.2) is 11.0 Å². The van der Waals surface area contributed by atoms with E-state index >= 15 is 0 Å². The molecule has 0 saturated carbocycles. The highest BCUT2D eigenvalue weighted by molar-refractivity contribution is 6.99. The van der Waals surface area contributed by atoms with Gasteiger partial charge < -0.3 is 10.4 Å². The van der Waals surface area contributed by atoms with Gasteiger partial charge in [0.2, 0.25) is 0 Å². The normalized spacial score (nSPS) is 11.7. The van der Waals surface area contributed by atoms with Crippen LogP contribution in [0.5, 0.6) is 0 Å². The molecule has 1 aromatic rings. The van der Waals surface area contributed by atoms with Gasteiger partial charge in [-0.1, -0.05) is 25.4 Å². The van der Waals surface area contributed by atoms with Crippen molar-refractivity contribution >= 4 is 29.1 Å². The summed E-state index contributed by atoms with van der Waals surface area (Å²) in [5.41, 5.74) is 0.0295. The molecule has 0 unspecified atom stereocenters. The molecule has 0 amide bonds. The van der Waals surface area contributed by atoms with Crippen LogP contribution in [0.1, 0.15) is 20.3 Å². The van der Waals surface area contributed by atoms with Crippen LogP contribution in [0.15, 0.2) is 0 Å². The van der Waals surface area contributed by atoms with E-state index in [4.69, 9.17) is 16.7 Å². The van der Waals surface area contributed by atoms with E-state index in [-0.39, 0.29) is 12.0 Å². The predicted molar refractivity (Wildman–Crippen MR) is 58.9 cm³/mol. The summed E-state index contributed by atoms with van der Waals surface area (Å²) >= 11 is 6.86. The monoisotopic (exact) mass is 235 g/mol. The maximum atomic E-state index is 8.83. The molecule has 1 heterocycles. The zero-order valence-corrected chi connectivity index (χ0v) is 9.82. The van der Waals surface area contributed by atoms with E-state index in [1.54, 1.807) is 0 Å². The molecule has 6 heteroatoms. The van der Waals surface area contributed by atoms with Crippen molar-refractivity contribution in [2.45, 2.75) is 20.3 Å². The van der Waals surface area contributed by atoms with Crippen LogP contribution in [0.4, 0.5) is 5.82 Å². The summed E-state index contributed by atoms with van der Waals surface area (Å²) in [6.07, 6.45) is 0.745. The smallest absolute Gasteiger partial charge is 0.186 e. The van der Waals surface area contributed by atoms with Crippen molar-refractivity contribution in [1.29, 1.82) is 0 Å². The Hall–Kier alpha value is -0.390. The van der Waals surface area contributed by atoms with Crippen LogP contribution in [0.3, 0.4) is 0 Å². The van der Waals surface area contributed by atoms with Gasteiger partial charge in [0.25, 0.3) is 0 Å². The van der Waals surface area contributed by atoms with Crippen molar-refractivity contribution < 1.29 is 5.11 Å². The van der Waals surface area contributed by atoms with E-state index in [0.29, 0.717) is 11.0 Å². The van der Waals surface area contributed by atoms with Crippen LogP contribution in [-0.4, -0.2) is 27.0 Å². The fourth-order valence-corrected chi connectivity index (χ4v) is 1.68. The highest BCUT2D eigenvalue weighted by Crippen LogP contribution is 2.23. The summed E-state index contributed by atoms with van der Waals surface area (Å²) in [6.45, 7) is 5.06. The van der Waals surface area contributed by atoms with Gasteiger partial charge in [-0.15, -0.1) is 0 Å². The molecule has 0 saturated heterocycles. The Morgan fingerprint density at radius 3 is 2.71 bits per heavy atom. The lowest BCUT2D eigenvalue weighted by molar-refractivity contribution is 0.220. The first-order valence-electron chi connectivity index (χ1n) is 4.38. The molecule has 0 aliphatic carbocycles. The molecule has 0 atom stereocenters. The van der Waals surface area contributed by atoms with E-state index in [0.717, 1.165) is 24.7 Å². The topological polar surface area (TPSA) is 58.0 Å². The molecular weight excluding hydrogens is 222 g/mol. The first kappa shape index (κ1) is 11.7. The third-order valence-electron chi connectivity index (χ3n) is 1.97. The van der Waals surface area contributed by atoms with Crippen LogP contribution in [0, 0.1) is 5.41 Å². The molecule has 0 aliphatic rings. The lowest BCUT2D eigenvalue weighted by Gasteiger charge is -2.23. The van der Waals surface area contributed by atoms with Gasteiger partial charge in [0, 0.05) is 13.2 Å². The quantitative estimate of drug-likeness (QED) is 0.820.